The summed E-state index contributed by atoms with van der Waals surface area (Å²) >= 11 is 2.98. The van der Waals surface area contributed by atoms with E-state index in [1.165, 1.54) is 6.07 Å². The fourth-order valence-electron chi connectivity index (χ4n) is 2.35. The summed E-state index contributed by atoms with van der Waals surface area (Å²) in [7, 11) is 0. The van der Waals surface area contributed by atoms with Gasteiger partial charge >= 0.3 is 0 Å². The smallest absolute Gasteiger partial charge is 0.157 e. The van der Waals surface area contributed by atoms with Gasteiger partial charge in [0.2, 0.25) is 0 Å². The largest absolute Gasteiger partial charge is 0.319 e. The maximum atomic E-state index is 13.8. The molecule has 1 aliphatic carbocycles. The number of hydrogen-bond donors (Lipinski definition) is 1. The molecule has 0 radical (unpaired) electrons. The van der Waals surface area contributed by atoms with Crippen molar-refractivity contribution in [2.45, 2.75) is 37.6 Å². The number of benzene rings is 1. The molecule has 1 fully saturated rings. The molecule has 0 aromatic heterocycles. The van der Waals surface area contributed by atoms with E-state index in [0.29, 0.717) is 12.8 Å². The first-order chi connectivity index (χ1) is 8.44. The average Bonchev–Trinajstić information content (AvgIpc) is 2.78. The van der Waals surface area contributed by atoms with Gasteiger partial charge < -0.3 is 5.73 Å². The molecule has 5 heteroatoms. The normalized spacial score (nSPS) is 18.0. The van der Waals surface area contributed by atoms with Crippen molar-refractivity contribution in [3.05, 3.63) is 33.8 Å². The number of nitrogens with two attached hydrogens (primary N) is 1. The number of carbonyl (C=O) groups is 1. The van der Waals surface area contributed by atoms with Crippen molar-refractivity contribution in [1.29, 1.82) is 0 Å². The van der Waals surface area contributed by atoms with Crippen LogP contribution in [0.2, 0.25) is 0 Å². The summed E-state index contributed by atoms with van der Waals surface area (Å²) in [5.74, 6) is -1.70. The van der Waals surface area contributed by atoms with Crippen LogP contribution in [0.3, 0.4) is 0 Å². The monoisotopic (exact) mass is 317 g/mol. The van der Waals surface area contributed by atoms with Crippen LogP contribution < -0.4 is 5.73 Å². The lowest BCUT2D eigenvalue weighted by atomic mass is 9.89. The standard InChI is InChI=1S/C13H14BrF2NO/c14-9-3-4-10(15)8(12(9)16)7-11(18)13(17)5-1-2-6-13/h3-4H,1-2,5-7,17H2. The van der Waals surface area contributed by atoms with Gasteiger partial charge in [-0.1, -0.05) is 12.8 Å². The van der Waals surface area contributed by atoms with E-state index in [0.717, 1.165) is 18.9 Å². The lowest BCUT2D eigenvalue weighted by Crippen LogP contribution is -2.46. The van der Waals surface area contributed by atoms with Gasteiger partial charge in [0.15, 0.2) is 5.78 Å². The van der Waals surface area contributed by atoms with Crippen molar-refractivity contribution in [3.63, 3.8) is 0 Å². The van der Waals surface area contributed by atoms with Gasteiger partial charge in [-0.15, -0.1) is 0 Å². The van der Waals surface area contributed by atoms with Crippen molar-refractivity contribution in [1.82, 2.24) is 0 Å². The van der Waals surface area contributed by atoms with Gasteiger partial charge in [-0.2, -0.15) is 0 Å². The zero-order chi connectivity index (χ0) is 13.3. The lowest BCUT2D eigenvalue weighted by Gasteiger charge is -2.22. The molecule has 0 saturated heterocycles. The highest BCUT2D eigenvalue weighted by Crippen LogP contribution is 2.30. The molecular formula is C13H14BrF2NO. The number of Topliss-reactive ketones (excluding diaryl/α,β-unsaturated/α-hetero) is 1. The second-order valence-electron chi connectivity index (χ2n) is 4.78. The fraction of sp³-hybridized carbons (Fsp3) is 0.462. The van der Waals surface area contributed by atoms with Crippen molar-refractivity contribution < 1.29 is 13.6 Å². The van der Waals surface area contributed by atoms with E-state index in [9.17, 15) is 13.6 Å². The van der Waals surface area contributed by atoms with Crippen molar-refractivity contribution in [2.75, 3.05) is 0 Å². The van der Waals surface area contributed by atoms with Crippen LogP contribution in [0.4, 0.5) is 8.78 Å². The molecule has 98 valence electrons. The Kier molecular flexibility index (Phi) is 3.82. The van der Waals surface area contributed by atoms with E-state index >= 15 is 0 Å². The predicted octanol–water partition coefficient (Wildman–Crippen LogP) is 3.11. The number of hydrogen-bond acceptors (Lipinski definition) is 2. The molecular weight excluding hydrogens is 304 g/mol. The summed E-state index contributed by atoms with van der Waals surface area (Å²) in [4.78, 5) is 12.1. The van der Waals surface area contributed by atoms with Crippen molar-refractivity contribution in [3.8, 4) is 0 Å². The first-order valence-corrected chi connectivity index (χ1v) is 6.68. The molecule has 1 aliphatic rings. The Balaban J connectivity index is 2.24. The number of rotatable bonds is 3. The number of halogens is 3. The molecule has 0 amide bonds. The average molecular weight is 318 g/mol. The van der Waals surface area contributed by atoms with Gasteiger partial charge in [0.1, 0.15) is 11.6 Å². The SMILES string of the molecule is NC1(C(=O)Cc2c(F)ccc(Br)c2F)CCCC1. The summed E-state index contributed by atoms with van der Waals surface area (Å²) in [6.45, 7) is 0. The Hall–Kier alpha value is -0.810. The third-order valence-corrected chi connectivity index (χ3v) is 4.14. The molecule has 2 rings (SSSR count). The third-order valence-electron chi connectivity index (χ3n) is 3.53. The van der Waals surface area contributed by atoms with Crippen LogP contribution in [0, 0.1) is 11.6 Å². The second-order valence-corrected chi connectivity index (χ2v) is 5.64. The van der Waals surface area contributed by atoms with Crippen LogP contribution in [0.1, 0.15) is 31.2 Å². The molecule has 0 atom stereocenters. The van der Waals surface area contributed by atoms with Crippen molar-refractivity contribution in [2.24, 2.45) is 5.73 Å². The number of ketones is 1. The molecule has 1 aromatic carbocycles. The maximum Gasteiger partial charge on any atom is 0.157 e. The first kappa shape index (κ1) is 13.6. The second kappa shape index (κ2) is 5.05. The summed E-state index contributed by atoms with van der Waals surface area (Å²) in [5, 5.41) is 0. The molecule has 0 aliphatic heterocycles. The van der Waals surface area contributed by atoms with Crippen LogP contribution in [-0.2, 0) is 11.2 Å². The first-order valence-electron chi connectivity index (χ1n) is 5.88. The Morgan fingerprint density at radius 2 is 1.94 bits per heavy atom. The number of carbonyl (C=O) groups excluding carboxylic acids is 1. The molecule has 1 saturated carbocycles. The molecule has 0 heterocycles. The lowest BCUT2D eigenvalue weighted by molar-refractivity contribution is -0.123. The summed E-state index contributed by atoms with van der Waals surface area (Å²) in [5.41, 5.74) is 4.88. The molecule has 0 bridgehead atoms. The highest BCUT2D eigenvalue weighted by Gasteiger charge is 2.37. The zero-order valence-corrected chi connectivity index (χ0v) is 11.4. The van der Waals surface area contributed by atoms with Gasteiger partial charge in [-0.25, -0.2) is 8.78 Å². The van der Waals surface area contributed by atoms with E-state index in [2.05, 4.69) is 15.9 Å². The fourth-order valence-corrected chi connectivity index (χ4v) is 2.72. The topological polar surface area (TPSA) is 43.1 Å². The zero-order valence-electron chi connectivity index (χ0n) is 9.81. The molecule has 0 unspecified atom stereocenters. The van der Waals surface area contributed by atoms with Crippen LogP contribution in [-0.4, -0.2) is 11.3 Å². The van der Waals surface area contributed by atoms with Crippen LogP contribution >= 0.6 is 15.9 Å². The third kappa shape index (κ3) is 2.47. The van der Waals surface area contributed by atoms with Gasteiger partial charge in [0, 0.05) is 12.0 Å². The molecule has 2 N–H and O–H groups in total. The molecule has 18 heavy (non-hydrogen) atoms. The Labute approximate surface area is 113 Å². The minimum Gasteiger partial charge on any atom is -0.319 e. The Morgan fingerprint density at radius 1 is 1.33 bits per heavy atom. The summed E-state index contributed by atoms with van der Waals surface area (Å²) in [6, 6.07) is 2.43. The van der Waals surface area contributed by atoms with Gasteiger partial charge in [0.05, 0.1) is 10.0 Å². The van der Waals surface area contributed by atoms with Crippen LogP contribution in [0.15, 0.2) is 16.6 Å². The minimum absolute atomic E-state index is 0.157. The maximum absolute atomic E-state index is 13.8. The highest BCUT2D eigenvalue weighted by atomic mass is 79.9. The quantitative estimate of drug-likeness (QED) is 0.870. The van der Waals surface area contributed by atoms with E-state index in [1.54, 1.807) is 0 Å². The molecule has 0 spiro atoms. The predicted molar refractivity (Wildman–Crippen MR) is 68.2 cm³/mol. The van der Waals surface area contributed by atoms with Crippen molar-refractivity contribution >= 4 is 21.7 Å². The summed E-state index contributed by atoms with van der Waals surface area (Å²) < 4.78 is 27.5. The van der Waals surface area contributed by atoms with Gasteiger partial charge in [-0.05, 0) is 40.9 Å². The Morgan fingerprint density at radius 3 is 2.56 bits per heavy atom. The van der Waals surface area contributed by atoms with Crippen LogP contribution in [0.5, 0.6) is 0 Å². The van der Waals surface area contributed by atoms with E-state index < -0.39 is 17.2 Å². The highest BCUT2D eigenvalue weighted by molar-refractivity contribution is 9.10. The van der Waals surface area contributed by atoms with Gasteiger partial charge in [0.25, 0.3) is 0 Å². The van der Waals surface area contributed by atoms with E-state index in [1.807, 2.05) is 0 Å². The minimum atomic E-state index is -0.902. The van der Waals surface area contributed by atoms with E-state index in [4.69, 9.17) is 5.73 Å². The van der Waals surface area contributed by atoms with Gasteiger partial charge in [-0.3, -0.25) is 4.79 Å². The van der Waals surface area contributed by atoms with E-state index in [-0.39, 0.29) is 22.2 Å². The molecule has 2 nitrogen and oxygen atoms in total. The molecule has 1 aromatic rings. The Bertz CT molecular complexity index is 484. The van der Waals surface area contributed by atoms with Crippen LogP contribution in [0.25, 0.3) is 0 Å². The summed E-state index contributed by atoms with van der Waals surface area (Å²) in [6.07, 6.45) is 2.71.